The van der Waals surface area contributed by atoms with Crippen molar-refractivity contribution in [2.24, 2.45) is 0 Å². The lowest BCUT2D eigenvalue weighted by Gasteiger charge is -2.00. The standard InChI is InChI=1S/C14H12BrNO2S/c1-8-5-11(14(17)18-8)12-7-19-13(16-12)9-3-2-4-10(15)6-9/h2-4,6-8,11H,5H2,1H3. The third-order valence-electron chi connectivity index (χ3n) is 3.12. The van der Waals surface area contributed by atoms with E-state index in [9.17, 15) is 4.79 Å². The number of benzene rings is 1. The highest BCUT2D eigenvalue weighted by molar-refractivity contribution is 9.10. The van der Waals surface area contributed by atoms with Crippen molar-refractivity contribution in [3.8, 4) is 10.6 Å². The van der Waals surface area contributed by atoms with Crippen LogP contribution < -0.4 is 0 Å². The van der Waals surface area contributed by atoms with Gasteiger partial charge in [0.2, 0.25) is 0 Å². The molecule has 1 aromatic heterocycles. The number of cyclic esters (lactones) is 1. The largest absolute Gasteiger partial charge is 0.462 e. The van der Waals surface area contributed by atoms with Crippen LogP contribution in [-0.2, 0) is 9.53 Å². The van der Waals surface area contributed by atoms with Crippen LogP contribution in [0.15, 0.2) is 34.1 Å². The zero-order chi connectivity index (χ0) is 13.4. The first-order chi connectivity index (χ1) is 9.13. The Morgan fingerprint density at radius 2 is 2.32 bits per heavy atom. The molecule has 0 amide bonds. The van der Waals surface area contributed by atoms with E-state index in [0.29, 0.717) is 0 Å². The van der Waals surface area contributed by atoms with Gasteiger partial charge in [0.05, 0.1) is 5.69 Å². The number of esters is 1. The summed E-state index contributed by atoms with van der Waals surface area (Å²) >= 11 is 5.01. The molecule has 1 aromatic carbocycles. The molecule has 2 atom stereocenters. The minimum atomic E-state index is -0.202. The second-order valence-electron chi connectivity index (χ2n) is 4.62. The van der Waals surface area contributed by atoms with E-state index in [1.165, 1.54) is 0 Å². The molecule has 19 heavy (non-hydrogen) atoms. The molecule has 1 fully saturated rings. The Morgan fingerprint density at radius 3 is 3.00 bits per heavy atom. The molecule has 2 aromatic rings. The molecule has 3 nitrogen and oxygen atoms in total. The molecule has 0 bridgehead atoms. The van der Waals surface area contributed by atoms with Crippen molar-refractivity contribution in [3.63, 3.8) is 0 Å². The Morgan fingerprint density at radius 1 is 1.47 bits per heavy atom. The number of aromatic nitrogens is 1. The van der Waals surface area contributed by atoms with Crippen molar-refractivity contribution < 1.29 is 9.53 Å². The minimum absolute atomic E-state index is 0.00600. The van der Waals surface area contributed by atoms with Crippen LogP contribution in [0.5, 0.6) is 0 Å². The summed E-state index contributed by atoms with van der Waals surface area (Å²) in [4.78, 5) is 16.3. The number of hydrogen-bond donors (Lipinski definition) is 0. The van der Waals surface area contributed by atoms with Crippen LogP contribution in [0.4, 0.5) is 0 Å². The van der Waals surface area contributed by atoms with Gasteiger partial charge >= 0.3 is 5.97 Å². The summed E-state index contributed by atoms with van der Waals surface area (Å²) in [6, 6.07) is 8.00. The van der Waals surface area contributed by atoms with Crippen molar-refractivity contribution in [1.29, 1.82) is 0 Å². The van der Waals surface area contributed by atoms with Gasteiger partial charge in [0.25, 0.3) is 0 Å². The first-order valence-electron chi connectivity index (χ1n) is 6.05. The number of ether oxygens (including phenoxy) is 1. The summed E-state index contributed by atoms with van der Waals surface area (Å²) in [6.45, 7) is 1.92. The summed E-state index contributed by atoms with van der Waals surface area (Å²) in [5.74, 6) is -0.356. The molecule has 1 aliphatic rings. The Bertz CT molecular complexity index is 625. The number of nitrogens with zero attached hydrogens (tertiary/aromatic N) is 1. The fourth-order valence-electron chi connectivity index (χ4n) is 2.20. The first kappa shape index (κ1) is 12.8. The fourth-order valence-corrected chi connectivity index (χ4v) is 3.47. The van der Waals surface area contributed by atoms with E-state index in [0.717, 1.165) is 27.2 Å². The molecule has 98 valence electrons. The minimum Gasteiger partial charge on any atom is -0.462 e. The molecule has 3 rings (SSSR count). The highest BCUT2D eigenvalue weighted by atomic mass is 79.9. The maximum absolute atomic E-state index is 11.7. The molecule has 0 spiro atoms. The van der Waals surface area contributed by atoms with Crippen LogP contribution >= 0.6 is 27.3 Å². The molecular formula is C14H12BrNO2S. The van der Waals surface area contributed by atoms with Gasteiger partial charge in [-0.05, 0) is 19.1 Å². The maximum atomic E-state index is 11.7. The van der Waals surface area contributed by atoms with Gasteiger partial charge in [-0.1, -0.05) is 28.1 Å². The summed E-state index contributed by atoms with van der Waals surface area (Å²) in [7, 11) is 0. The lowest BCUT2D eigenvalue weighted by Crippen LogP contribution is -2.05. The molecule has 0 saturated carbocycles. The Kier molecular flexibility index (Phi) is 3.41. The summed E-state index contributed by atoms with van der Waals surface area (Å²) in [5.41, 5.74) is 1.89. The second kappa shape index (κ2) is 5.06. The zero-order valence-electron chi connectivity index (χ0n) is 10.3. The van der Waals surface area contributed by atoms with Crippen molar-refractivity contribution in [1.82, 2.24) is 4.98 Å². The molecule has 1 aliphatic heterocycles. The number of carbonyl (C=O) groups is 1. The Hall–Kier alpha value is -1.20. The number of hydrogen-bond acceptors (Lipinski definition) is 4. The van der Waals surface area contributed by atoms with Crippen LogP contribution in [0.25, 0.3) is 10.6 Å². The highest BCUT2D eigenvalue weighted by Crippen LogP contribution is 2.34. The number of thiazole rings is 1. The molecule has 2 heterocycles. The third kappa shape index (κ3) is 2.58. The maximum Gasteiger partial charge on any atom is 0.315 e. The average molecular weight is 338 g/mol. The summed E-state index contributed by atoms with van der Waals surface area (Å²) in [6.07, 6.45) is 0.717. The Balaban J connectivity index is 1.90. The molecule has 1 saturated heterocycles. The van der Waals surface area contributed by atoms with Gasteiger partial charge in [-0.15, -0.1) is 11.3 Å². The van der Waals surface area contributed by atoms with Crippen molar-refractivity contribution in [2.75, 3.05) is 0 Å². The van der Waals surface area contributed by atoms with Gasteiger partial charge in [0, 0.05) is 21.8 Å². The van der Waals surface area contributed by atoms with Gasteiger partial charge in [0.15, 0.2) is 0 Å². The average Bonchev–Trinajstić information content (AvgIpc) is 2.96. The number of rotatable bonds is 2. The van der Waals surface area contributed by atoms with Crippen molar-refractivity contribution in [2.45, 2.75) is 25.4 Å². The van der Waals surface area contributed by atoms with Crippen molar-refractivity contribution in [3.05, 3.63) is 39.8 Å². The van der Waals surface area contributed by atoms with Gasteiger partial charge in [-0.2, -0.15) is 0 Å². The van der Waals surface area contributed by atoms with Crippen LogP contribution in [0.3, 0.4) is 0 Å². The van der Waals surface area contributed by atoms with Crippen LogP contribution in [-0.4, -0.2) is 17.1 Å². The van der Waals surface area contributed by atoms with E-state index in [1.54, 1.807) is 11.3 Å². The highest BCUT2D eigenvalue weighted by Gasteiger charge is 2.34. The van der Waals surface area contributed by atoms with Gasteiger partial charge in [0.1, 0.15) is 17.0 Å². The zero-order valence-corrected chi connectivity index (χ0v) is 12.7. The van der Waals surface area contributed by atoms with Crippen molar-refractivity contribution >= 4 is 33.2 Å². The lowest BCUT2D eigenvalue weighted by molar-refractivity contribution is -0.142. The lowest BCUT2D eigenvalue weighted by atomic mass is 10.0. The topological polar surface area (TPSA) is 39.2 Å². The normalized spacial score (nSPS) is 22.5. The molecule has 2 unspecified atom stereocenters. The fraction of sp³-hybridized carbons (Fsp3) is 0.286. The van der Waals surface area contributed by atoms with E-state index in [1.807, 2.05) is 36.6 Å². The monoisotopic (exact) mass is 337 g/mol. The second-order valence-corrected chi connectivity index (χ2v) is 6.40. The summed E-state index contributed by atoms with van der Waals surface area (Å²) in [5, 5.41) is 2.89. The predicted molar refractivity (Wildman–Crippen MR) is 78.2 cm³/mol. The molecular weight excluding hydrogens is 326 g/mol. The van der Waals surface area contributed by atoms with Gasteiger partial charge in [-0.25, -0.2) is 4.98 Å². The summed E-state index contributed by atoms with van der Waals surface area (Å²) < 4.78 is 6.20. The Labute approximate surface area is 123 Å². The van der Waals surface area contributed by atoms with Crippen LogP contribution in [0.2, 0.25) is 0 Å². The molecule has 0 radical (unpaired) electrons. The van der Waals surface area contributed by atoms with Crippen LogP contribution in [0, 0.1) is 0 Å². The quantitative estimate of drug-likeness (QED) is 0.777. The van der Waals surface area contributed by atoms with E-state index in [4.69, 9.17) is 4.74 Å². The number of carbonyl (C=O) groups excluding carboxylic acids is 1. The van der Waals surface area contributed by atoms with E-state index < -0.39 is 0 Å². The SMILES string of the molecule is CC1CC(c2csc(-c3cccc(Br)c3)n2)C(=O)O1. The smallest absolute Gasteiger partial charge is 0.315 e. The van der Waals surface area contributed by atoms with Gasteiger partial charge < -0.3 is 4.74 Å². The van der Waals surface area contributed by atoms with E-state index >= 15 is 0 Å². The molecule has 0 aliphatic carbocycles. The van der Waals surface area contributed by atoms with E-state index in [2.05, 4.69) is 20.9 Å². The van der Waals surface area contributed by atoms with Gasteiger partial charge in [-0.3, -0.25) is 4.79 Å². The van der Waals surface area contributed by atoms with Crippen LogP contribution in [0.1, 0.15) is 25.0 Å². The molecule has 0 N–H and O–H groups in total. The van der Waals surface area contributed by atoms with E-state index in [-0.39, 0.29) is 18.0 Å². The first-order valence-corrected chi connectivity index (χ1v) is 7.72. The molecule has 5 heteroatoms. The predicted octanol–water partition coefficient (Wildman–Crippen LogP) is 3.99. The third-order valence-corrected chi connectivity index (χ3v) is 4.52. The number of halogens is 1.